The molecular weight excluding hydrogens is 254 g/mol. The van der Waals surface area contributed by atoms with E-state index in [1.165, 1.54) is 0 Å². The van der Waals surface area contributed by atoms with Gasteiger partial charge in [0, 0.05) is 6.54 Å². The Kier molecular flexibility index (Phi) is 3.50. The van der Waals surface area contributed by atoms with Crippen LogP contribution in [-0.2, 0) is 27.3 Å². The summed E-state index contributed by atoms with van der Waals surface area (Å²) in [6.45, 7) is 2.22. The van der Waals surface area contributed by atoms with Crippen molar-refractivity contribution in [3.63, 3.8) is 0 Å². The van der Waals surface area contributed by atoms with E-state index in [1.807, 2.05) is 25.1 Å². The topological polar surface area (TPSA) is 69.4 Å². The van der Waals surface area contributed by atoms with Gasteiger partial charge in [-0.3, -0.25) is 0 Å². The van der Waals surface area contributed by atoms with Gasteiger partial charge in [0.05, 0.1) is 5.57 Å². The summed E-state index contributed by atoms with van der Waals surface area (Å²) in [6.07, 6.45) is 0.707. The number of carbonyl (C=O) groups is 2. The molecule has 2 rings (SSSR count). The van der Waals surface area contributed by atoms with Crippen LogP contribution in [0.5, 0.6) is 0 Å². The predicted molar refractivity (Wildman–Crippen MR) is 67.6 cm³/mol. The van der Waals surface area contributed by atoms with Gasteiger partial charge in [-0.15, -0.1) is 0 Å². The summed E-state index contributed by atoms with van der Waals surface area (Å²) < 4.78 is 4.51. The third-order valence-corrected chi connectivity index (χ3v) is 3.22. The molecule has 0 aliphatic carbocycles. The molecule has 1 aliphatic heterocycles. The lowest BCUT2D eigenvalue weighted by Crippen LogP contribution is -2.08. The Labute approximate surface area is 109 Å². The quantitative estimate of drug-likeness (QED) is 0.668. The molecule has 1 aromatic rings. The minimum Gasteiger partial charge on any atom is -0.385 e. The lowest BCUT2D eigenvalue weighted by Gasteiger charge is -2.12. The highest BCUT2D eigenvalue weighted by atomic mass is 35.5. The molecule has 94 valence electrons. The first kappa shape index (κ1) is 12.8. The second-order valence-electron chi connectivity index (χ2n) is 3.87. The maximum Gasteiger partial charge on any atom is 0.358 e. The normalized spacial score (nSPS) is 15.3. The van der Waals surface area contributed by atoms with E-state index in [-0.39, 0.29) is 17.2 Å². The highest BCUT2D eigenvalue weighted by molar-refractivity contribution is 6.52. The van der Waals surface area contributed by atoms with E-state index in [4.69, 9.17) is 17.3 Å². The number of cyclic esters (lactones) is 2. The number of hydrogen-bond acceptors (Lipinski definition) is 4. The van der Waals surface area contributed by atoms with E-state index in [0.717, 1.165) is 11.1 Å². The fraction of sp³-hybridized carbons (Fsp3) is 0.231. The summed E-state index contributed by atoms with van der Waals surface area (Å²) in [7, 11) is 0. The van der Waals surface area contributed by atoms with Gasteiger partial charge in [-0.1, -0.05) is 36.7 Å². The molecule has 1 aliphatic rings. The molecule has 0 amide bonds. The van der Waals surface area contributed by atoms with Gasteiger partial charge in [0.2, 0.25) is 0 Å². The molecule has 0 saturated carbocycles. The average Bonchev–Trinajstić information content (AvgIpc) is 2.62. The first-order valence-electron chi connectivity index (χ1n) is 5.57. The highest BCUT2D eigenvalue weighted by Gasteiger charge is 2.34. The summed E-state index contributed by atoms with van der Waals surface area (Å²) in [5.74, 6) is -1.51. The van der Waals surface area contributed by atoms with E-state index < -0.39 is 11.9 Å². The van der Waals surface area contributed by atoms with Gasteiger partial charge in [0.25, 0.3) is 0 Å². The van der Waals surface area contributed by atoms with E-state index >= 15 is 0 Å². The Bertz CT molecular complexity index is 541. The SMILES string of the molecule is CCc1cccc(CN)c1C1=C(Cl)C(=O)OC1=O. The summed E-state index contributed by atoms with van der Waals surface area (Å²) in [5, 5.41) is -0.171. The van der Waals surface area contributed by atoms with Crippen LogP contribution in [0.15, 0.2) is 23.2 Å². The Morgan fingerprint density at radius 2 is 1.89 bits per heavy atom. The van der Waals surface area contributed by atoms with E-state index in [1.54, 1.807) is 0 Å². The molecule has 0 saturated heterocycles. The van der Waals surface area contributed by atoms with E-state index in [0.29, 0.717) is 12.0 Å². The number of halogens is 1. The molecule has 0 bridgehead atoms. The van der Waals surface area contributed by atoms with Crippen LogP contribution in [0.2, 0.25) is 0 Å². The number of benzene rings is 1. The predicted octanol–water partition coefficient (Wildman–Crippen LogP) is 1.74. The number of nitrogens with two attached hydrogens (primary N) is 1. The zero-order chi connectivity index (χ0) is 13.3. The number of esters is 2. The Hall–Kier alpha value is -1.65. The molecule has 1 heterocycles. The fourth-order valence-electron chi connectivity index (χ4n) is 2.02. The van der Waals surface area contributed by atoms with Crippen LogP contribution in [0.3, 0.4) is 0 Å². The number of rotatable bonds is 3. The first-order valence-corrected chi connectivity index (χ1v) is 5.95. The molecule has 0 unspecified atom stereocenters. The van der Waals surface area contributed by atoms with Gasteiger partial charge in [0.15, 0.2) is 0 Å². The second kappa shape index (κ2) is 4.92. The monoisotopic (exact) mass is 265 g/mol. The minimum atomic E-state index is -0.800. The highest BCUT2D eigenvalue weighted by Crippen LogP contribution is 2.34. The maximum absolute atomic E-state index is 11.7. The molecule has 0 radical (unpaired) electrons. The lowest BCUT2D eigenvalue weighted by atomic mass is 9.93. The molecule has 0 fully saturated rings. The molecule has 18 heavy (non-hydrogen) atoms. The fourth-order valence-corrected chi connectivity index (χ4v) is 2.23. The standard InChI is InChI=1S/C13H12ClNO3/c1-2-7-4-3-5-8(6-15)9(7)10-11(14)13(17)18-12(10)16/h3-5H,2,6,15H2,1H3. The summed E-state index contributed by atoms with van der Waals surface area (Å²) in [5.41, 5.74) is 8.10. The summed E-state index contributed by atoms with van der Waals surface area (Å²) in [6, 6.07) is 5.55. The van der Waals surface area contributed by atoms with E-state index in [2.05, 4.69) is 4.74 Å². The average molecular weight is 266 g/mol. The zero-order valence-corrected chi connectivity index (χ0v) is 10.6. The van der Waals surface area contributed by atoms with Gasteiger partial charge in [-0.2, -0.15) is 0 Å². The molecule has 0 spiro atoms. The molecular formula is C13H12ClNO3. The smallest absolute Gasteiger partial charge is 0.358 e. The number of ether oxygens (including phenoxy) is 1. The lowest BCUT2D eigenvalue weighted by molar-refractivity contribution is -0.149. The zero-order valence-electron chi connectivity index (χ0n) is 9.83. The molecule has 0 aromatic heterocycles. The molecule has 2 N–H and O–H groups in total. The van der Waals surface area contributed by atoms with Crippen LogP contribution >= 0.6 is 11.6 Å². The van der Waals surface area contributed by atoms with Crippen LogP contribution < -0.4 is 5.73 Å². The van der Waals surface area contributed by atoms with Crippen LogP contribution in [0.4, 0.5) is 0 Å². The molecule has 5 heteroatoms. The van der Waals surface area contributed by atoms with Crippen molar-refractivity contribution in [1.82, 2.24) is 0 Å². The van der Waals surface area contributed by atoms with Crippen LogP contribution in [-0.4, -0.2) is 11.9 Å². The summed E-state index contributed by atoms with van der Waals surface area (Å²) in [4.78, 5) is 23.0. The van der Waals surface area contributed by atoms with Crippen molar-refractivity contribution in [1.29, 1.82) is 0 Å². The van der Waals surface area contributed by atoms with Gasteiger partial charge in [-0.25, -0.2) is 9.59 Å². The van der Waals surface area contributed by atoms with Crippen molar-refractivity contribution < 1.29 is 14.3 Å². The van der Waals surface area contributed by atoms with Crippen LogP contribution in [0.25, 0.3) is 5.57 Å². The molecule has 1 aromatic carbocycles. The first-order chi connectivity index (χ1) is 8.60. The largest absolute Gasteiger partial charge is 0.385 e. The van der Waals surface area contributed by atoms with E-state index in [9.17, 15) is 9.59 Å². The van der Waals surface area contributed by atoms with Crippen LogP contribution in [0.1, 0.15) is 23.6 Å². The Morgan fingerprint density at radius 3 is 2.39 bits per heavy atom. The second-order valence-corrected chi connectivity index (χ2v) is 4.25. The molecule has 0 atom stereocenters. The minimum absolute atomic E-state index is 0.125. The maximum atomic E-state index is 11.7. The summed E-state index contributed by atoms with van der Waals surface area (Å²) >= 11 is 5.86. The van der Waals surface area contributed by atoms with Gasteiger partial charge < -0.3 is 10.5 Å². The number of hydrogen-bond donors (Lipinski definition) is 1. The van der Waals surface area contributed by atoms with Gasteiger partial charge in [0.1, 0.15) is 5.03 Å². The Morgan fingerprint density at radius 1 is 1.22 bits per heavy atom. The van der Waals surface area contributed by atoms with Crippen molar-refractivity contribution in [2.45, 2.75) is 19.9 Å². The van der Waals surface area contributed by atoms with Crippen LogP contribution in [0, 0.1) is 0 Å². The number of aryl methyl sites for hydroxylation is 1. The Balaban J connectivity index is 2.71. The van der Waals surface area contributed by atoms with Crippen molar-refractivity contribution in [2.24, 2.45) is 5.73 Å². The van der Waals surface area contributed by atoms with Crippen molar-refractivity contribution in [3.8, 4) is 0 Å². The molecule has 4 nitrogen and oxygen atoms in total. The van der Waals surface area contributed by atoms with Gasteiger partial charge >= 0.3 is 11.9 Å². The number of carbonyl (C=O) groups excluding carboxylic acids is 2. The van der Waals surface area contributed by atoms with Gasteiger partial charge in [-0.05, 0) is 23.1 Å². The third-order valence-electron chi connectivity index (χ3n) is 2.88. The van der Waals surface area contributed by atoms with Crippen molar-refractivity contribution in [3.05, 3.63) is 39.9 Å². The van der Waals surface area contributed by atoms with Crippen molar-refractivity contribution in [2.75, 3.05) is 0 Å². The van der Waals surface area contributed by atoms with Crippen molar-refractivity contribution >= 4 is 29.1 Å². The third kappa shape index (κ3) is 1.94.